The van der Waals surface area contributed by atoms with Crippen LogP contribution in [0.1, 0.15) is 68.2 Å². The van der Waals surface area contributed by atoms with Gasteiger partial charge in [-0.2, -0.15) is 0 Å². The summed E-state index contributed by atoms with van der Waals surface area (Å²) in [5, 5.41) is 10.2. The molecule has 1 aliphatic heterocycles. The number of rotatable bonds is 7. The van der Waals surface area contributed by atoms with Gasteiger partial charge in [0.1, 0.15) is 5.72 Å². The largest absolute Gasteiger partial charge is 0.465 e. The van der Waals surface area contributed by atoms with Gasteiger partial charge in [0.15, 0.2) is 8.32 Å². The van der Waals surface area contributed by atoms with Crippen LogP contribution in [0, 0.1) is 11.3 Å². The average molecular weight is 414 g/mol. The van der Waals surface area contributed by atoms with Crippen LogP contribution in [-0.4, -0.2) is 48.9 Å². The lowest BCUT2D eigenvalue weighted by Gasteiger charge is -2.50. The molecule has 0 saturated carbocycles. The van der Waals surface area contributed by atoms with E-state index >= 15 is 0 Å². The number of carboxylic acid groups (broad SMARTS) is 1. The van der Waals surface area contributed by atoms with Gasteiger partial charge in [-0.1, -0.05) is 47.6 Å². The maximum absolute atomic E-state index is 12.3. The van der Waals surface area contributed by atoms with Crippen molar-refractivity contribution < 1.29 is 19.1 Å². The second-order valence-electron chi connectivity index (χ2n) is 11.3. The third-order valence-corrected chi connectivity index (χ3v) is 11.3. The number of ether oxygens (including phenoxy) is 1. The van der Waals surface area contributed by atoms with E-state index in [1.165, 1.54) is 0 Å². The van der Waals surface area contributed by atoms with E-state index < -0.39 is 25.7 Å². The third kappa shape index (κ3) is 5.00. The Balaban J connectivity index is 3.22. The number of hydrogen-bond acceptors (Lipinski definition) is 3. The van der Waals surface area contributed by atoms with Crippen molar-refractivity contribution in [2.75, 3.05) is 13.2 Å². The highest BCUT2D eigenvalue weighted by molar-refractivity contribution is 6.74. The average Bonchev–Trinajstić information content (AvgIpc) is 2.75. The second-order valence-corrected chi connectivity index (χ2v) is 16.1. The Hall–Kier alpha value is -0.853. The summed E-state index contributed by atoms with van der Waals surface area (Å²) < 4.78 is 12.5. The van der Waals surface area contributed by atoms with Gasteiger partial charge in [-0.05, 0) is 56.2 Å². The van der Waals surface area contributed by atoms with Crippen LogP contribution in [0.25, 0.3) is 0 Å². The number of carbonyl (C=O) groups is 1. The molecule has 1 fully saturated rings. The molecule has 164 valence electrons. The topological polar surface area (TPSA) is 59.0 Å². The van der Waals surface area contributed by atoms with Crippen molar-refractivity contribution in [1.29, 1.82) is 0 Å². The fourth-order valence-corrected chi connectivity index (χ4v) is 4.91. The van der Waals surface area contributed by atoms with Gasteiger partial charge >= 0.3 is 6.09 Å². The van der Waals surface area contributed by atoms with Crippen molar-refractivity contribution in [2.24, 2.45) is 11.3 Å². The maximum Gasteiger partial charge on any atom is 0.410 e. The first-order valence-corrected chi connectivity index (χ1v) is 13.2. The van der Waals surface area contributed by atoms with Gasteiger partial charge in [0, 0.05) is 6.61 Å². The third-order valence-electron chi connectivity index (χ3n) is 6.83. The van der Waals surface area contributed by atoms with Crippen LogP contribution >= 0.6 is 0 Å². The Bertz CT molecular complexity index is 574. The second kappa shape index (κ2) is 8.11. The molecular weight excluding hydrogens is 370 g/mol. The standard InChI is InChI=1S/C22H43NO4Si/c1-12-13-17(15-27-28(10,11)20(5,6)7)14-22(19(2,3)4)16-26-21(8,9)23(22)18(24)25/h12,17H,1,13-16H2,2-11H3,(H,24,25). The molecule has 1 saturated heterocycles. The predicted octanol–water partition coefficient (Wildman–Crippen LogP) is 6.12. The molecule has 0 radical (unpaired) electrons. The number of hydrogen-bond donors (Lipinski definition) is 1. The predicted molar refractivity (Wildman–Crippen MR) is 118 cm³/mol. The molecule has 28 heavy (non-hydrogen) atoms. The quantitative estimate of drug-likeness (QED) is 0.403. The van der Waals surface area contributed by atoms with Crippen molar-refractivity contribution in [1.82, 2.24) is 4.90 Å². The molecule has 0 aromatic carbocycles. The van der Waals surface area contributed by atoms with E-state index in [1.54, 1.807) is 4.90 Å². The van der Waals surface area contributed by atoms with Crippen molar-refractivity contribution in [3.8, 4) is 0 Å². The zero-order valence-electron chi connectivity index (χ0n) is 19.8. The van der Waals surface area contributed by atoms with Crippen LogP contribution in [0.5, 0.6) is 0 Å². The molecule has 0 bridgehead atoms. The summed E-state index contributed by atoms with van der Waals surface area (Å²) in [7, 11) is -1.89. The number of allylic oxidation sites excluding steroid dienone is 1. The van der Waals surface area contributed by atoms with E-state index in [0.29, 0.717) is 19.6 Å². The SMILES string of the molecule is C=CCC(CO[Si](C)(C)C(C)(C)C)CC1(C(C)(C)C)COC(C)(C)N1C(=O)O. The van der Waals surface area contributed by atoms with Crippen LogP contribution in [-0.2, 0) is 9.16 Å². The molecule has 6 heteroatoms. The molecular formula is C22H43NO4Si. The fraction of sp³-hybridized carbons (Fsp3) is 0.864. The van der Waals surface area contributed by atoms with Gasteiger partial charge in [-0.15, -0.1) is 6.58 Å². The van der Waals surface area contributed by atoms with E-state index in [-0.39, 0.29) is 16.4 Å². The molecule has 1 N–H and O–H groups in total. The van der Waals surface area contributed by atoms with Crippen LogP contribution in [0.3, 0.4) is 0 Å². The van der Waals surface area contributed by atoms with Gasteiger partial charge in [0.25, 0.3) is 0 Å². The summed E-state index contributed by atoms with van der Waals surface area (Å²) in [5.74, 6) is 0.185. The Morgan fingerprint density at radius 2 is 1.82 bits per heavy atom. The summed E-state index contributed by atoms with van der Waals surface area (Å²) in [6, 6.07) is 0. The Morgan fingerprint density at radius 1 is 1.29 bits per heavy atom. The first-order chi connectivity index (χ1) is 12.4. The molecule has 0 aliphatic carbocycles. The van der Waals surface area contributed by atoms with Gasteiger partial charge in [-0.25, -0.2) is 4.79 Å². The van der Waals surface area contributed by atoms with E-state index in [0.717, 1.165) is 6.42 Å². The molecule has 1 amide bonds. The van der Waals surface area contributed by atoms with Crippen molar-refractivity contribution in [3.05, 3.63) is 12.7 Å². The summed E-state index contributed by atoms with van der Waals surface area (Å²) in [4.78, 5) is 13.8. The highest BCUT2D eigenvalue weighted by atomic mass is 28.4. The maximum atomic E-state index is 12.3. The van der Waals surface area contributed by atoms with Crippen molar-refractivity contribution >= 4 is 14.4 Å². The van der Waals surface area contributed by atoms with E-state index in [1.807, 2.05) is 19.9 Å². The molecule has 2 atom stereocenters. The van der Waals surface area contributed by atoms with Gasteiger partial charge in [0.05, 0.1) is 12.1 Å². The smallest absolute Gasteiger partial charge is 0.410 e. The summed E-state index contributed by atoms with van der Waals surface area (Å²) >= 11 is 0. The Morgan fingerprint density at radius 3 is 2.21 bits per heavy atom. The molecule has 2 unspecified atom stereocenters. The van der Waals surface area contributed by atoms with Gasteiger partial charge in [0.2, 0.25) is 0 Å². The molecule has 1 aliphatic rings. The van der Waals surface area contributed by atoms with Gasteiger partial charge < -0.3 is 14.3 Å². The summed E-state index contributed by atoms with van der Waals surface area (Å²) in [6.45, 7) is 26.1. The van der Waals surface area contributed by atoms with Crippen LogP contribution in [0.2, 0.25) is 18.1 Å². The minimum atomic E-state index is -1.89. The molecule has 0 aromatic heterocycles. The molecule has 0 spiro atoms. The Kier molecular flexibility index (Phi) is 7.30. The zero-order chi connectivity index (χ0) is 22.2. The highest BCUT2D eigenvalue weighted by Gasteiger charge is 2.60. The van der Waals surface area contributed by atoms with Crippen LogP contribution < -0.4 is 0 Å². The number of amides is 1. The zero-order valence-corrected chi connectivity index (χ0v) is 20.8. The minimum absolute atomic E-state index is 0.138. The minimum Gasteiger partial charge on any atom is -0.465 e. The van der Waals surface area contributed by atoms with E-state index in [9.17, 15) is 9.90 Å². The molecule has 1 heterocycles. The lowest BCUT2D eigenvalue weighted by Crippen LogP contribution is -2.62. The molecule has 0 aromatic rings. The first-order valence-electron chi connectivity index (χ1n) is 10.3. The summed E-state index contributed by atoms with van der Waals surface area (Å²) in [6.07, 6.45) is 2.47. The van der Waals surface area contributed by atoms with Crippen LogP contribution in [0.15, 0.2) is 12.7 Å². The van der Waals surface area contributed by atoms with E-state index in [2.05, 4.69) is 61.2 Å². The van der Waals surface area contributed by atoms with E-state index in [4.69, 9.17) is 9.16 Å². The lowest BCUT2D eigenvalue weighted by molar-refractivity contribution is -0.0619. The molecule has 1 rings (SSSR count). The molecule has 5 nitrogen and oxygen atoms in total. The fourth-order valence-electron chi connectivity index (χ4n) is 3.83. The van der Waals surface area contributed by atoms with Gasteiger partial charge in [-0.3, -0.25) is 4.90 Å². The van der Waals surface area contributed by atoms with Crippen LogP contribution in [0.4, 0.5) is 4.79 Å². The Labute approximate surface area is 173 Å². The lowest BCUT2D eigenvalue weighted by atomic mass is 9.68. The number of nitrogens with zero attached hydrogens (tertiary/aromatic N) is 1. The summed E-state index contributed by atoms with van der Waals surface area (Å²) in [5.41, 5.74) is -1.75. The normalized spacial score (nSPS) is 24.3. The first kappa shape index (κ1) is 25.2. The monoisotopic (exact) mass is 413 g/mol. The van der Waals surface area contributed by atoms with Crippen molar-refractivity contribution in [2.45, 2.75) is 97.6 Å². The highest BCUT2D eigenvalue weighted by Crippen LogP contribution is 2.50. The van der Waals surface area contributed by atoms with Crippen molar-refractivity contribution in [3.63, 3.8) is 0 Å².